The molecule has 0 amide bonds. The van der Waals surface area contributed by atoms with E-state index in [1.54, 1.807) is 0 Å². The van der Waals surface area contributed by atoms with Crippen LogP contribution in [0.4, 0.5) is 5.69 Å². The molecule has 5 nitrogen and oxygen atoms in total. The molecule has 0 aromatic heterocycles. The fourth-order valence-corrected chi connectivity index (χ4v) is 3.75. The van der Waals surface area contributed by atoms with E-state index in [2.05, 4.69) is 54.9 Å². The van der Waals surface area contributed by atoms with E-state index < -0.39 is 0 Å². The molecule has 1 aromatic carbocycles. The third kappa shape index (κ3) is 7.91. The van der Waals surface area contributed by atoms with Crippen LogP contribution in [0.3, 0.4) is 0 Å². The van der Waals surface area contributed by atoms with Gasteiger partial charge in [0.1, 0.15) is 19.2 Å². The van der Waals surface area contributed by atoms with Gasteiger partial charge in [-0.3, -0.25) is 4.79 Å². The first-order valence-electron chi connectivity index (χ1n) is 11.6. The fraction of sp³-hybridized carbons (Fsp3) is 0.500. The first-order valence-corrected chi connectivity index (χ1v) is 11.6. The number of hydrogen-bond acceptors (Lipinski definition) is 5. The molecule has 1 heterocycles. The van der Waals surface area contributed by atoms with Crippen molar-refractivity contribution in [2.75, 3.05) is 44.2 Å². The molecule has 0 radical (unpaired) electrons. The molecule has 0 saturated carbocycles. The minimum Gasteiger partial charge on any atom is -0.497 e. The van der Waals surface area contributed by atoms with Gasteiger partial charge in [0.25, 0.3) is 0 Å². The second-order valence-electron chi connectivity index (χ2n) is 8.04. The molecule has 2 rings (SSSR count). The van der Waals surface area contributed by atoms with Crippen molar-refractivity contribution in [1.29, 1.82) is 0 Å². The average molecular weight is 426 g/mol. The molecule has 1 aliphatic rings. The number of anilines is 1. The topological polar surface area (TPSA) is 58.8 Å². The lowest BCUT2D eigenvalue weighted by Crippen LogP contribution is -2.30. The minimum absolute atomic E-state index is 0.581. The van der Waals surface area contributed by atoms with Crippen LogP contribution in [0, 0.1) is 0 Å². The summed E-state index contributed by atoms with van der Waals surface area (Å²) in [7, 11) is 0. The number of rotatable bonds is 10. The van der Waals surface area contributed by atoms with E-state index in [1.807, 2.05) is 18.4 Å². The number of ether oxygens (including phenoxy) is 1. The highest BCUT2D eigenvalue weighted by Crippen LogP contribution is 2.25. The van der Waals surface area contributed by atoms with E-state index in [-0.39, 0.29) is 0 Å². The van der Waals surface area contributed by atoms with Gasteiger partial charge in [-0.2, -0.15) is 0 Å². The Kier molecular flexibility index (Phi) is 10.9. The van der Waals surface area contributed by atoms with Crippen LogP contribution in [0.5, 0.6) is 0 Å². The van der Waals surface area contributed by atoms with Crippen molar-refractivity contribution in [2.24, 2.45) is 5.73 Å². The molecule has 0 aliphatic carbocycles. The number of hydrogen-bond donors (Lipinski definition) is 1. The molecule has 0 saturated heterocycles. The Morgan fingerprint density at radius 2 is 2.10 bits per heavy atom. The molecule has 1 aromatic rings. The molecule has 1 aliphatic heterocycles. The Hall–Kier alpha value is -2.53. The molecule has 5 heteroatoms. The van der Waals surface area contributed by atoms with Gasteiger partial charge in [-0.15, -0.1) is 0 Å². The van der Waals surface area contributed by atoms with Crippen molar-refractivity contribution in [3.63, 3.8) is 0 Å². The summed E-state index contributed by atoms with van der Waals surface area (Å²) >= 11 is 0. The number of aldehydes is 1. The van der Waals surface area contributed by atoms with Gasteiger partial charge in [-0.25, -0.2) is 0 Å². The highest BCUT2D eigenvalue weighted by Gasteiger charge is 2.14. The Balaban J connectivity index is 2.27. The number of aryl methyl sites for hydroxylation is 1. The van der Waals surface area contributed by atoms with Gasteiger partial charge < -0.3 is 20.3 Å². The molecule has 0 bridgehead atoms. The molecule has 0 atom stereocenters. The molecule has 170 valence electrons. The van der Waals surface area contributed by atoms with Gasteiger partial charge in [0, 0.05) is 30.9 Å². The standard InChI is InChI=1S/C26H39N3O2/c1-4-6-10-24-13-12-23(20-30)18-26(24)29-16-17-31-21-25(11-7-9-22(3)19-29)28(5-2)15-8-14-27/h7,9,11-13,18,20-21H,4-6,8,10,14-17,19,27H2,1-3H3/b11-7-,22-9+,25-21-. The van der Waals surface area contributed by atoms with E-state index in [0.29, 0.717) is 18.7 Å². The number of carbonyl (C=O) groups excluding carboxylic acids is 1. The Morgan fingerprint density at radius 1 is 1.26 bits per heavy atom. The largest absolute Gasteiger partial charge is 0.497 e. The molecule has 0 fully saturated rings. The van der Waals surface area contributed by atoms with Gasteiger partial charge in [-0.05, 0) is 57.4 Å². The lowest BCUT2D eigenvalue weighted by Gasteiger charge is -2.28. The van der Waals surface area contributed by atoms with Gasteiger partial charge >= 0.3 is 0 Å². The summed E-state index contributed by atoms with van der Waals surface area (Å²) in [6.07, 6.45) is 13.4. The maximum absolute atomic E-state index is 11.4. The van der Waals surface area contributed by atoms with E-state index in [4.69, 9.17) is 10.5 Å². The number of carbonyl (C=O) groups is 1. The van der Waals surface area contributed by atoms with E-state index in [0.717, 1.165) is 69.5 Å². The van der Waals surface area contributed by atoms with E-state index >= 15 is 0 Å². The smallest absolute Gasteiger partial charge is 0.150 e. The minimum atomic E-state index is 0.581. The molecule has 31 heavy (non-hydrogen) atoms. The number of nitrogens with two attached hydrogens (primary N) is 1. The van der Waals surface area contributed by atoms with Crippen LogP contribution in [0.1, 0.15) is 56.0 Å². The third-order valence-corrected chi connectivity index (χ3v) is 5.54. The first-order chi connectivity index (χ1) is 15.1. The Labute approximate surface area is 188 Å². The monoisotopic (exact) mass is 425 g/mol. The third-order valence-electron chi connectivity index (χ3n) is 5.54. The quantitative estimate of drug-likeness (QED) is 0.551. The van der Waals surface area contributed by atoms with Crippen molar-refractivity contribution in [2.45, 2.75) is 46.5 Å². The lowest BCUT2D eigenvalue weighted by atomic mass is 10.0. The van der Waals surface area contributed by atoms with Crippen LogP contribution in [-0.4, -0.2) is 50.5 Å². The van der Waals surface area contributed by atoms with E-state index in [1.165, 1.54) is 11.1 Å². The second-order valence-corrected chi connectivity index (χ2v) is 8.04. The zero-order valence-corrected chi connectivity index (χ0v) is 19.5. The van der Waals surface area contributed by atoms with Gasteiger partial charge in [0.15, 0.2) is 0 Å². The number of benzene rings is 1. The summed E-state index contributed by atoms with van der Waals surface area (Å²) in [6.45, 7) is 11.2. The number of likely N-dealkylation sites (N-methyl/N-ethyl adjacent to an activating group) is 1. The summed E-state index contributed by atoms with van der Waals surface area (Å²) in [5.74, 6) is 0. The number of allylic oxidation sites excluding steroid dienone is 3. The van der Waals surface area contributed by atoms with Gasteiger partial charge in [0.05, 0.1) is 12.2 Å². The van der Waals surface area contributed by atoms with Crippen LogP contribution in [0.15, 0.2) is 54.0 Å². The zero-order chi connectivity index (χ0) is 22.5. The van der Waals surface area contributed by atoms with Crippen molar-refractivity contribution >= 4 is 12.0 Å². The first kappa shape index (κ1) is 24.7. The van der Waals surface area contributed by atoms with Crippen molar-refractivity contribution in [1.82, 2.24) is 4.90 Å². The zero-order valence-electron chi connectivity index (χ0n) is 19.5. The van der Waals surface area contributed by atoms with E-state index in [9.17, 15) is 4.79 Å². The molecule has 2 N–H and O–H groups in total. The molecular formula is C26H39N3O2. The van der Waals surface area contributed by atoms with Gasteiger partial charge in [-0.1, -0.05) is 43.2 Å². The summed E-state index contributed by atoms with van der Waals surface area (Å²) in [4.78, 5) is 16.0. The maximum Gasteiger partial charge on any atom is 0.150 e. The fourth-order valence-electron chi connectivity index (χ4n) is 3.75. The van der Waals surface area contributed by atoms with Crippen molar-refractivity contribution in [3.8, 4) is 0 Å². The number of unbranched alkanes of at least 4 members (excludes halogenated alkanes) is 1. The Morgan fingerprint density at radius 3 is 2.81 bits per heavy atom. The van der Waals surface area contributed by atoms with Crippen LogP contribution < -0.4 is 10.6 Å². The van der Waals surface area contributed by atoms with Crippen molar-refractivity contribution in [3.05, 3.63) is 65.1 Å². The van der Waals surface area contributed by atoms with Crippen LogP contribution in [-0.2, 0) is 11.2 Å². The van der Waals surface area contributed by atoms with Crippen LogP contribution in [0.2, 0.25) is 0 Å². The normalized spacial score (nSPS) is 19.3. The number of nitrogens with zero attached hydrogens (tertiary/aromatic N) is 2. The highest BCUT2D eigenvalue weighted by molar-refractivity contribution is 5.78. The maximum atomic E-state index is 11.4. The van der Waals surface area contributed by atoms with Crippen molar-refractivity contribution < 1.29 is 9.53 Å². The predicted molar refractivity (Wildman–Crippen MR) is 131 cm³/mol. The summed E-state index contributed by atoms with van der Waals surface area (Å²) in [5, 5.41) is 0. The second kappa shape index (κ2) is 13.7. The molecule has 0 unspecified atom stereocenters. The SMILES string of the molecule is CCCCc1ccc(C=O)cc1N1CCO/C=C(N(CC)CCCN)/C=C\C=C(/C)C1. The molecule has 0 spiro atoms. The predicted octanol–water partition coefficient (Wildman–Crippen LogP) is 4.69. The molecular weight excluding hydrogens is 386 g/mol. The van der Waals surface area contributed by atoms with Crippen LogP contribution in [0.25, 0.3) is 0 Å². The Bertz CT molecular complexity index is 783. The summed E-state index contributed by atoms with van der Waals surface area (Å²) in [6, 6.07) is 6.05. The highest BCUT2D eigenvalue weighted by atomic mass is 16.5. The lowest BCUT2D eigenvalue weighted by molar-refractivity contribution is 0.112. The summed E-state index contributed by atoms with van der Waals surface area (Å²) in [5.41, 5.74) is 11.2. The summed E-state index contributed by atoms with van der Waals surface area (Å²) < 4.78 is 5.98. The van der Waals surface area contributed by atoms with Gasteiger partial charge in [0.2, 0.25) is 0 Å². The van der Waals surface area contributed by atoms with Crippen LogP contribution >= 0.6 is 0 Å². The average Bonchev–Trinajstić information content (AvgIpc) is 2.83.